The number of carbonyl (C=O) groups excluding carboxylic acids is 1. The van der Waals surface area contributed by atoms with Crippen molar-refractivity contribution in [2.75, 3.05) is 40.0 Å². The summed E-state index contributed by atoms with van der Waals surface area (Å²) < 4.78 is 16.7. The highest BCUT2D eigenvalue weighted by molar-refractivity contribution is 5.99. The largest absolute Gasteiger partial charge is 0.507 e. The van der Waals surface area contributed by atoms with Crippen LogP contribution in [0.3, 0.4) is 0 Å². The number of aliphatic hydroxyl groups is 2. The minimum Gasteiger partial charge on any atom is -0.507 e. The fourth-order valence-corrected chi connectivity index (χ4v) is 5.03. The number of ether oxygens (including phenoxy) is 2. The number of aromatic nitrogens is 1. The standard InChI is InChI=1S/C30H33N3O6/c1-3-31-29(35)27-26(22-11-9-20(10-12-22)19-33-13-15-38-16-14-33)28(39-32-27)24-17-23(21-7-5-4-6-8-21)25(34)18-30(24,36)37-2/h4-12,17-18,24,34,36H,3,13-16,19H2,1-2H3,(H,31,35). The molecule has 2 unspecified atom stereocenters. The molecule has 2 heterocycles. The number of aliphatic hydroxyl groups excluding tert-OH is 1. The highest BCUT2D eigenvalue weighted by atomic mass is 16.6. The lowest BCUT2D eigenvalue weighted by Crippen LogP contribution is -2.38. The third-order valence-corrected chi connectivity index (χ3v) is 7.12. The molecule has 5 rings (SSSR count). The number of hydrogen-bond donors (Lipinski definition) is 3. The van der Waals surface area contributed by atoms with Crippen molar-refractivity contribution in [1.82, 2.24) is 15.4 Å². The zero-order valence-electron chi connectivity index (χ0n) is 22.1. The Balaban J connectivity index is 1.58. The smallest absolute Gasteiger partial charge is 0.274 e. The van der Waals surface area contributed by atoms with Crippen LogP contribution < -0.4 is 5.32 Å². The number of hydrogen-bond acceptors (Lipinski definition) is 8. The van der Waals surface area contributed by atoms with Gasteiger partial charge in [-0.2, -0.15) is 0 Å². The van der Waals surface area contributed by atoms with Gasteiger partial charge >= 0.3 is 0 Å². The molecule has 204 valence electrons. The number of rotatable bonds is 8. The van der Waals surface area contributed by atoms with E-state index in [4.69, 9.17) is 14.0 Å². The average Bonchev–Trinajstić information content (AvgIpc) is 3.39. The van der Waals surface area contributed by atoms with Gasteiger partial charge in [0.1, 0.15) is 5.76 Å². The van der Waals surface area contributed by atoms with Crippen LogP contribution in [0.15, 0.2) is 77.0 Å². The first kappa shape index (κ1) is 26.8. The zero-order valence-corrected chi connectivity index (χ0v) is 22.1. The minimum atomic E-state index is -1.94. The molecule has 1 saturated heterocycles. The topological polar surface area (TPSA) is 117 Å². The van der Waals surface area contributed by atoms with Crippen LogP contribution in [0.5, 0.6) is 0 Å². The summed E-state index contributed by atoms with van der Waals surface area (Å²) in [6, 6.07) is 17.2. The number of carbonyl (C=O) groups is 1. The van der Waals surface area contributed by atoms with Crippen molar-refractivity contribution >= 4 is 11.5 Å². The Morgan fingerprint density at radius 3 is 2.51 bits per heavy atom. The normalized spacial score (nSPS) is 21.8. The van der Waals surface area contributed by atoms with E-state index in [1.807, 2.05) is 61.5 Å². The Hall–Kier alpha value is -3.76. The SMILES string of the molecule is CCNC(=O)c1noc(C2C=C(c3ccccc3)C(O)=CC2(O)OC)c1-c1ccc(CN2CCOCC2)cc1. The molecule has 0 radical (unpaired) electrons. The number of allylic oxidation sites excluding steroid dienone is 1. The Morgan fingerprint density at radius 2 is 1.85 bits per heavy atom. The highest BCUT2D eigenvalue weighted by Gasteiger charge is 2.44. The van der Waals surface area contributed by atoms with Gasteiger partial charge in [0.05, 0.1) is 24.7 Å². The van der Waals surface area contributed by atoms with Gasteiger partial charge < -0.3 is 29.5 Å². The van der Waals surface area contributed by atoms with Crippen molar-refractivity contribution in [1.29, 1.82) is 0 Å². The maximum atomic E-state index is 13.0. The number of morpholine rings is 1. The highest BCUT2D eigenvalue weighted by Crippen LogP contribution is 2.45. The lowest BCUT2D eigenvalue weighted by atomic mass is 9.82. The maximum absolute atomic E-state index is 13.0. The van der Waals surface area contributed by atoms with Gasteiger partial charge in [0, 0.05) is 44.9 Å². The van der Waals surface area contributed by atoms with Crippen LogP contribution >= 0.6 is 0 Å². The van der Waals surface area contributed by atoms with Crippen LogP contribution in [0.4, 0.5) is 0 Å². The van der Waals surface area contributed by atoms with Crippen LogP contribution in [-0.4, -0.2) is 71.9 Å². The molecule has 1 aliphatic carbocycles. The summed E-state index contributed by atoms with van der Waals surface area (Å²) in [7, 11) is 1.35. The monoisotopic (exact) mass is 531 g/mol. The first-order valence-corrected chi connectivity index (χ1v) is 13.1. The van der Waals surface area contributed by atoms with Gasteiger partial charge in [-0.05, 0) is 23.6 Å². The van der Waals surface area contributed by atoms with E-state index in [2.05, 4.69) is 15.4 Å². The van der Waals surface area contributed by atoms with E-state index in [0.29, 0.717) is 23.2 Å². The Bertz CT molecular complexity index is 1360. The molecule has 2 aromatic carbocycles. The van der Waals surface area contributed by atoms with Crippen molar-refractivity contribution in [3.63, 3.8) is 0 Å². The predicted molar refractivity (Wildman–Crippen MR) is 146 cm³/mol. The fourth-order valence-electron chi connectivity index (χ4n) is 5.03. The maximum Gasteiger partial charge on any atom is 0.274 e. The van der Waals surface area contributed by atoms with Crippen molar-refractivity contribution in [3.8, 4) is 11.1 Å². The molecule has 2 atom stereocenters. The van der Waals surface area contributed by atoms with Gasteiger partial charge in [-0.15, -0.1) is 0 Å². The lowest BCUT2D eigenvalue weighted by Gasteiger charge is -2.33. The summed E-state index contributed by atoms with van der Waals surface area (Å²) in [5, 5.41) is 29.2. The van der Waals surface area contributed by atoms with Crippen molar-refractivity contribution in [2.24, 2.45) is 0 Å². The molecule has 2 aliphatic rings. The van der Waals surface area contributed by atoms with Crippen molar-refractivity contribution in [2.45, 2.75) is 25.2 Å². The second kappa shape index (κ2) is 11.5. The molecular weight excluding hydrogens is 498 g/mol. The molecule has 9 nitrogen and oxygen atoms in total. The number of benzene rings is 2. The fraction of sp³-hybridized carbons (Fsp3) is 0.333. The summed E-state index contributed by atoms with van der Waals surface area (Å²) in [5.74, 6) is -3.11. The molecule has 1 aliphatic heterocycles. The number of amides is 1. The van der Waals surface area contributed by atoms with Gasteiger partial charge in [-0.1, -0.05) is 65.8 Å². The number of nitrogens with one attached hydrogen (secondary N) is 1. The van der Waals surface area contributed by atoms with E-state index >= 15 is 0 Å². The average molecular weight is 532 g/mol. The van der Waals surface area contributed by atoms with Gasteiger partial charge in [-0.25, -0.2) is 0 Å². The Labute approximate surface area is 227 Å². The van der Waals surface area contributed by atoms with Crippen LogP contribution in [0.1, 0.15) is 40.2 Å². The number of nitrogens with zero attached hydrogens (tertiary/aromatic N) is 2. The van der Waals surface area contributed by atoms with E-state index < -0.39 is 11.7 Å². The summed E-state index contributed by atoms with van der Waals surface area (Å²) in [6.45, 7) is 6.25. The van der Waals surface area contributed by atoms with Gasteiger partial charge in [0.2, 0.25) is 5.79 Å². The molecule has 3 aromatic rings. The second-order valence-electron chi connectivity index (χ2n) is 9.62. The molecule has 0 spiro atoms. The summed E-state index contributed by atoms with van der Waals surface area (Å²) in [6.07, 6.45) is 2.94. The van der Waals surface area contributed by atoms with E-state index in [-0.39, 0.29) is 23.1 Å². The Morgan fingerprint density at radius 1 is 1.13 bits per heavy atom. The third-order valence-electron chi connectivity index (χ3n) is 7.12. The van der Waals surface area contributed by atoms with Gasteiger partial charge in [-0.3, -0.25) is 9.69 Å². The molecule has 39 heavy (non-hydrogen) atoms. The molecular formula is C30H33N3O6. The third kappa shape index (κ3) is 5.53. The lowest BCUT2D eigenvalue weighted by molar-refractivity contribution is -0.159. The van der Waals surface area contributed by atoms with E-state index in [1.54, 1.807) is 6.08 Å². The molecule has 1 aromatic heterocycles. The summed E-state index contributed by atoms with van der Waals surface area (Å²) in [5.41, 5.74) is 3.67. The summed E-state index contributed by atoms with van der Waals surface area (Å²) >= 11 is 0. The molecule has 9 heteroatoms. The van der Waals surface area contributed by atoms with E-state index in [0.717, 1.165) is 44.0 Å². The van der Waals surface area contributed by atoms with Crippen LogP contribution in [0.2, 0.25) is 0 Å². The minimum absolute atomic E-state index is 0.111. The molecule has 1 amide bonds. The number of methoxy groups -OCH3 is 1. The molecule has 0 saturated carbocycles. The van der Waals surface area contributed by atoms with Crippen LogP contribution in [0.25, 0.3) is 16.7 Å². The summed E-state index contributed by atoms with van der Waals surface area (Å²) in [4.78, 5) is 15.4. The molecule has 0 bridgehead atoms. The Kier molecular flexibility index (Phi) is 7.94. The first-order valence-electron chi connectivity index (χ1n) is 13.1. The van der Waals surface area contributed by atoms with E-state index in [9.17, 15) is 15.0 Å². The first-order chi connectivity index (χ1) is 18.9. The van der Waals surface area contributed by atoms with Crippen LogP contribution in [0, 0.1) is 0 Å². The van der Waals surface area contributed by atoms with Gasteiger partial charge in [0.25, 0.3) is 5.91 Å². The predicted octanol–water partition coefficient (Wildman–Crippen LogP) is 3.88. The van der Waals surface area contributed by atoms with Crippen molar-refractivity contribution in [3.05, 3.63) is 95.1 Å². The van der Waals surface area contributed by atoms with Crippen molar-refractivity contribution < 1.29 is 29.0 Å². The van der Waals surface area contributed by atoms with Crippen LogP contribution in [-0.2, 0) is 16.0 Å². The molecule has 3 N–H and O–H groups in total. The quantitative estimate of drug-likeness (QED) is 0.375. The zero-order chi connectivity index (χ0) is 27.4. The second-order valence-corrected chi connectivity index (χ2v) is 9.62. The van der Waals surface area contributed by atoms with E-state index in [1.165, 1.54) is 13.2 Å². The molecule has 1 fully saturated rings. The van der Waals surface area contributed by atoms with Gasteiger partial charge in [0.15, 0.2) is 11.5 Å².